The third-order valence-electron chi connectivity index (χ3n) is 10.8. The number of pyridine rings is 1. The molecule has 1 heterocycles. The molecule has 0 radical (unpaired) electrons. The third-order valence-corrected chi connectivity index (χ3v) is 10.8. The molecule has 6 aromatic rings. The number of aromatic nitrogens is 1. The molecule has 0 aliphatic heterocycles. The van der Waals surface area contributed by atoms with Crippen LogP contribution in [-0.4, -0.2) is 4.98 Å². The van der Waals surface area contributed by atoms with Gasteiger partial charge < -0.3 is 0 Å². The first-order chi connectivity index (χ1) is 28.6. The van der Waals surface area contributed by atoms with Crippen molar-refractivity contribution in [2.75, 3.05) is 0 Å². The zero-order valence-electron chi connectivity index (χ0n) is 33.3. The van der Waals surface area contributed by atoms with Crippen molar-refractivity contribution in [1.29, 1.82) is 0 Å². The predicted octanol–water partition coefficient (Wildman–Crippen LogP) is 15.3. The highest BCUT2D eigenvalue weighted by molar-refractivity contribution is 5.81. The summed E-state index contributed by atoms with van der Waals surface area (Å²) >= 11 is 0. The molecular formula is C57H47N. The smallest absolute Gasteiger partial charge is 0.0716 e. The van der Waals surface area contributed by atoms with Crippen LogP contribution >= 0.6 is 0 Å². The topological polar surface area (TPSA) is 12.9 Å². The maximum atomic E-state index is 5.21. The van der Waals surface area contributed by atoms with E-state index in [-0.39, 0.29) is 5.92 Å². The molecule has 1 aromatic heterocycles. The van der Waals surface area contributed by atoms with Crippen LogP contribution in [0.1, 0.15) is 38.7 Å². The number of allylic oxidation sites excluding steroid dienone is 16. The normalized spacial score (nSPS) is 15.3. The Bertz CT molecular complexity index is 2640. The van der Waals surface area contributed by atoms with Gasteiger partial charge in [0.15, 0.2) is 0 Å². The van der Waals surface area contributed by atoms with Gasteiger partial charge in [-0.05, 0) is 112 Å². The Morgan fingerprint density at radius 3 is 2.19 bits per heavy atom. The zero-order valence-corrected chi connectivity index (χ0v) is 33.3. The lowest BCUT2D eigenvalue weighted by Crippen LogP contribution is -1.99. The summed E-state index contributed by atoms with van der Waals surface area (Å²) in [4.78, 5) is 5.21. The van der Waals surface area contributed by atoms with Gasteiger partial charge in [-0.1, -0.05) is 195 Å². The fourth-order valence-corrected chi connectivity index (χ4v) is 7.73. The van der Waals surface area contributed by atoms with Gasteiger partial charge in [0, 0.05) is 22.6 Å². The van der Waals surface area contributed by atoms with Gasteiger partial charge >= 0.3 is 0 Å². The highest BCUT2D eigenvalue weighted by Gasteiger charge is 2.15. The van der Waals surface area contributed by atoms with E-state index in [2.05, 4.69) is 226 Å². The summed E-state index contributed by atoms with van der Waals surface area (Å²) < 4.78 is 0. The molecule has 58 heavy (non-hydrogen) atoms. The SMILES string of the molecule is CC=C(C=C(CCC)c1cccc(-c2cc#cc(-c3cc(-c4ccccc4)nc(-c4cccc(-c5ccccc5)c4)c3)c2)c1)C1C=CC=CC(C2=CC=CC=CC2)=C1. The minimum Gasteiger partial charge on any atom is -0.248 e. The van der Waals surface area contributed by atoms with Crippen LogP contribution in [0.25, 0.3) is 61.5 Å². The van der Waals surface area contributed by atoms with Crippen molar-refractivity contribution in [1.82, 2.24) is 4.98 Å². The Kier molecular flexibility index (Phi) is 11.9. The maximum absolute atomic E-state index is 5.21. The van der Waals surface area contributed by atoms with Crippen molar-refractivity contribution in [2.45, 2.75) is 33.1 Å². The Morgan fingerprint density at radius 1 is 0.672 bits per heavy atom. The lowest BCUT2D eigenvalue weighted by atomic mass is 9.89. The minimum atomic E-state index is 0.177. The van der Waals surface area contributed by atoms with Gasteiger partial charge in [-0.15, -0.1) is 0 Å². The van der Waals surface area contributed by atoms with Crippen LogP contribution in [0.2, 0.25) is 0 Å². The van der Waals surface area contributed by atoms with Crippen molar-refractivity contribution in [2.24, 2.45) is 5.92 Å². The first-order valence-electron chi connectivity index (χ1n) is 20.4. The van der Waals surface area contributed by atoms with Crippen LogP contribution in [0.15, 0.2) is 223 Å². The number of hydrogen-bond donors (Lipinski definition) is 0. The first kappa shape index (κ1) is 37.9. The third kappa shape index (κ3) is 9.00. The molecule has 8 rings (SSSR count). The van der Waals surface area contributed by atoms with Crippen LogP contribution in [-0.2, 0) is 0 Å². The van der Waals surface area contributed by atoms with E-state index in [1.165, 1.54) is 33.4 Å². The second kappa shape index (κ2) is 18.3. The van der Waals surface area contributed by atoms with Crippen molar-refractivity contribution in [3.8, 4) is 55.9 Å². The second-order valence-electron chi connectivity index (χ2n) is 14.8. The quantitative estimate of drug-likeness (QED) is 0.120. The van der Waals surface area contributed by atoms with E-state index in [1.807, 2.05) is 6.07 Å². The van der Waals surface area contributed by atoms with Crippen LogP contribution in [0, 0.1) is 18.1 Å². The van der Waals surface area contributed by atoms with E-state index < -0.39 is 0 Å². The molecule has 2 aliphatic carbocycles. The summed E-state index contributed by atoms with van der Waals surface area (Å²) in [5.41, 5.74) is 17.1. The van der Waals surface area contributed by atoms with E-state index in [9.17, 15) is 0 Å². The molecule has 280 valence electrons. The van der Waals surface area contributed by atoms with Gasteiger partial charge in [0.25, 0.3) is 0 Å². The Hall–Kier alpha value is -7.01. The predicted molar refractivity (Wildman–Crippen MR) is 247 cm³/mol. The monoisotopic (exact) mass is 745 g/mol. The summed E-state index contributed by atoms with van der Waals surface area (Å²) in [7, 11) is 0. The molecule has 1 nitrogen and oxygen atoms in total. The average molecular weight is 746 g/mol. The van der Waals surface area contributed by atoms with E-state index >= 15 is 0 Å². The van der Waals surface area contributed by atoms with Crippen molar-refractivity contribution >= 4 is 5.57 Å². The number of nitrogens with zero attached hydrogens (tertiary/aromatic N) is 1. The Balaban J connectivity index is 1.14. The molecule has 1 heteroatoms. The fourth-order valence-electron chi connectivity index (χ4n) is 7.73. The number of benzene rings is 4. The maximum Gasteiger partial charge on any atom is 0.0716 e. The molecule has 0 spiro atoms. The summed E-state index contributed by atoms with van der Waals surface area (Å²) in [5.74, 6) is 0.177. The zero-order chi connectivity index (χ0) is 39.5. The van der Waals surface area contributed by atoms with E-state index in [0.29, 0.717) is 0 Å². The Morgan fingerprint density at radius 2 is 1.40 bits per heavy atom. The van der Waals surface area contributed by atoms with Crippen LogP contribution in [0.4, 0.5) is 0 Å². The van der Waals surface area contributed by atoms with Gasteiger partial charge in [-0.2, -0.15) is 0 Å². The van der Waals surface area contributed by atoms with E-state index in [4.69, 9.17) is 4.98 Å². The van der Waals surface area contributed by atoms with Gasteiger partial charge in [0.1, 0.15) is 0 Å². The molecule has 0 saturated heterocycles. The minimum absolute atomic E-state index is 0.177. The summed E-state index contributed by atoms with van der Waals surface area (Å²) in [6, 6.07) is 54.1. The standard InChI is InChI=1S/C57H47N/c1-3-20-46(35-42(4-2)47-27-15-16-28-48(36-47)43-21-9-5-6-10-22-43)50-30-17-31-51(37-50)52-32-18-33-53(38-52)55-40-56(45-25-13-8-14-26-45)58-57(41-55)54-34-19-29-49(39-54)44-23-11-7-12-24-44/h4-17,19,21,23-32,34-41,47H,3,20,22H2,1-2H3. The van der Waals surface area contributed by atoms with Crippen molar-refractivity contribution in [3.05, 3.63) is 241 Å². The molecule has 0 fully saturated rings. The molecule has 0 N–H and O–H groups in total. The van der Waals surface area contributed by atoms with Gasteiger partial charge in [0.05, 0.1) is 11.4 Å². The van der Waals surface area contributed by atoms with Crippen molar-refractivity contribution < 1.29 is 0 Å². The molecule has 0 bridgehead atoms. The molecule has 1 unspecified atom stereocenters. The summed E-state index contributed by atoms with van der Waals surface area (Å²) in [6.07, 6.45) is 29.8. The molecule has 1 atom stereocenters. The molecule has 0 amide bonds. The Labute approximate surface area is 344 Å². The van der Waals surface area contributed by atoms with Crippen LogP contribution < -0.4 is 0 Å². The average Bonchev–Trinajstić information content (AvgIpc) is 3.73. The highest BCUT2D eigenvalue weighted by atomic mass is 14.7. The largest absolute Gasteiger partial charge is 0.248 e. The number of rotatable bonds is 11. The van der Waals surface area contributed by atoms with Gasteiger partial charge in [0.2, 0.25) is 0 Å². The first-order valence-corrected chi connectivity index (χ1v) is 20.4. The molecular weight excluding hydrogens is 699 g/mol. The lowest BCUT2D eigenvalue weighted by molar-refractivity contribution is 0.958. The van der Waals surface area contributed by atoms with E-state index in [1.54, 1.807) is 0 Å². The fraction of sp³-hybridized carbons (Fsp3) is 0.105. The molecule has 5 aromatic carbocycles. The van der Waals surface area contributed by atoms with Gasteiger partial charge in [-0.25, -0.2) is 4.98 Å². The van der Waals surface area contributed by atoms with Gasteiger partial charge in [-0.3, -0.25) is 0 Å². The second-order valence-corrected chi connectivity index (χ2v) is 14.8. The van der Waals surface area contributed by atoms with Crippen LogP contribution in [0.5, 0.6) is 0 Å². The highest BCUT2D eigenvalue weighted by Crippen LogP contribution is 2.35. The van der Waals surface area contributed by atoms with E-state index in [0.717, 1.165) is 69.6 Å². The van der Waals surface area contributed by atoms with Crippen LogP contribution in [0.3, 0.4) is 0 Å². The summed E-state index contributed by atoms with van der Waals surface area (Å²) in [5, 5.41) is 0. The van der Waals surface area contributed by atoms with Crippen molar-refractivity contribution in [3.63, 3.8) is 0 Å². The molecule has 0 saturated carbocycles. The lowest BCUT2D eigenvalue weighted by Gasteiger charge is -2.16. The molecule has 2 aliphatic rings. The number of hydrogen-bond acceptors (Lipinski definition) is 1. The summed E-state index contributed by atoms with van der Waals surface area (Å²) in [6.45, 7) is 4.42.